The van der Waals surface area contributed by atoms with Gasteiger partial charge in [-0.3, -0.25) is 9.88 Å². The van der Waals surface area contributed by atoms with Gasteiger partial charge in [-0.1, -0.05) is 49.3 Å². The van der Waals surface area contributed by atoms with Crippen molar-refractivity contribution in [3.05, 3.63) is 30.1 Å². The number of hydrogen-bond donors (Lipinski definition) is 0. The molecule has 1 saturated heterocycles. The van der Waals surface area contributed by atoms with Crippen LogP contribution in [0.15, 0.2) is 24.4 Å². The number of nitrogens with zero attached hydrogens (tertiary/aromatic N) is 3. The zero-order valence-corrected chi connectivity index (χ0v) is 13.3. The highest BCUT2D eigenvalue weighted by Crippen LogP contribution is 2.29. The minimum absolute atomic E-state index is 0.662. The predicted molar refractivity (Wildman–Crippen MR) is 88.4 cm³/mol. The summed E-state index contributed by atoms with van der Waals surface area (Å²) in [5.74, 6) is 0.985. The molecule has 1 aliphatic heterocycles. The van der Waals surface area contributed by atoms with Crippen molar-refractivity contribution in [3.8, 4) is 0 Å². The second kappa shape index (κ2) is 6.87. The molecule has 0 aromatic carbocycles. The van der Waals surface area contributed by atoms with E-state index in [1.807, 2.05) is 12.3 Å². The molecule has 20 heavy (non-hydrogen) atoms. The molecule has 0 unspecified atom stereocenters. The summed E-state index contributed by atoms with van der Waals surface area (Å²) in [4.78, 5) is 9.32. The highest BCUT2D eigenvalue weighted by atomic mass is 32.2. The summed E-state index contributed by atoms with van der Waals surface area (Å²) in [6, 6.07) is 6.79. The molecule has 2 aliphatic rings. The van der Waals surface area contributed by atoms with Crippen LogP contribution in [0.1, 0.15) is 37.8 Å². The number of thiocarbonyl (C=S) groups is 1. The number of pyridine rings is 1. The standard InChI is InChI=1S/C15H21N3S2/c19-15-18(14-7-2-1-3-8-14)11-17(12-20-15)10-13-6-4-5-9-16-13/h4-6,9,14H,1-3,7-8,10-12H2. The van der Waals surface area contributed by atoms with E-state index >= 15 is 0 Å². The first-order valence-electron chi connectivity index (χ1n) is 7.38. The Balaban J connectivity index is 1.62. The predicted octanol–water partition coefficient (Wildman–Crippen LogP) is 3.47. The second-order valence-corrected chi connectivity index (χ2v) is 7.17. The summed E-state index contributed by atoms with van der Waals surface area (Å²) < 4.78 is 1.09. The smallest absolute Gasteiger partial charge is 0.138 e. The normalized spacial score (nSPS) is 22.2. The van der Waals surface area contributed by atoms with Crippen molar-refractivity contribution in [2.24, 2.45) is 0 Å². The molecule has 0 amide bonds. The molecule has 2 fully saturated rings. The van der Waals surface area contributed by atoms with Crippen LogP contribution in [-0.4, -0.2) is 37.7 Å². The van der Waals surface area contributed by atoms with Crippen LogP contribution < -0.4 is 0 Å². The van der Waals surface area contributed by atoms with Crippen molar-refractivity contribution in [2.45, 2.75) is 44.7 Å². The Morgan fingerprint density at radius 1 is 1.25 bits per heavy atom. The van der Waals surface area contributed by atoms with Crippen LogP contribution in [0, 0.1) is 0 Å². The van der Waals surface area contributed by atoms with Crippen LogP contribution in [0.2, 0.25) is 0 Å². The van der Waals surface area contributed by atoms with E-state index in [0.29, 0.717) is 6.04 Å². The van der Waals surface area contributed by atoms with Crippen molar-refractivity contribution in [3.63, 3.8) is 0 Å². The lowest BCUT2D eigenvalue weighted by Crippen LogP contribution is -2.49. The Bertz CT molecular complexity index is 446. The highest BCUT2D eigenvalue weighted by molar-refractivity contribution is 8.22. The van der Waals surface area contributed by atoms with Crippen molar-refractivity contribution in [1.82, 2.24) is 14.8 Å². The number of thioether (sulfide) groups is 1. The molecule has 0 spiro atoms. The number of aromatic nitrogens is 1. The molecule has 2 heterocycles. The maximum absolute atomic E-state index is 5.57. The Kier molecular flexibility index (Phi) is 4.91. The average molecular weight is 307 g/mol. The number of hydrogen-bond acceptors (Lipinski definition) is 4. The largest absolute Gasteiger partial charge is 0.341 e. The van der Waals surface area contributed by atoms with E-state index in [1.54, 1.807) is 11.8 Å². The highest BCUT2D eigenvalue weighted by Gasteiger charge is 2.28. The van der Waals surface area contributed by atoms with Gasteiger partial charge in [-0.25, -0.2) is 0 Å². The first-order valence-corrected chi connectivity index (χ1v) is 8.78. The molecule has 3 nitrogen and oxygen atoms in total. The molecule has 0 bridgehead atoms. The van der Waals surface area contributed by atoms with Gasteiger partial charge >= 0.3 is 0 Å². The molecule has 1 aromatic heterocycles. The molecule has 0 radical (unpaired) electrons. The maximum atomic E-state index is 5.57. The fraction of sp³-hybridized carbons (Fsp3) is 0.600. The van der Waals surface area contributed by atoms with E-state index in [0.717, 1.165) is 29.1 Å². The maximum Gasteiger partial charge on any atom is 0.138 e. The van der Waals surface area contributed by atoms with Gasteiger partial charge in [0.25, 0.3) is 0 Å². The zero-order valence-electron chi connectivity index (χ0n) is 11.7. The molecule has 1 aliphatic carbocycles. The molecular formula is C15H21N3S2. The van der Waals surface area contributed by atoms with Crippen molar-refractivity contribution >= 4 is 28.3 Å². The summed E-state index contributed by atoms with van der Waals surface area (Å²) in [5.41, 5.74) is 1.14. The summed E-state index contributed by atoms with van der Waals surface area (Å²) >= 11 is 7.37. The first-order chi connectivity index (χ1) is 9.83. The molecule has 1 aromatic rings. The fourth-order valence-electron chi connectivity index (χ4n) is 3.02. The van der Waals surface area contributed by atoms with Gasteiger partial charge in [-0.05, 0) is 25.0 Å². The van der Waals surface area contributed by atoms with E-state index in [9.17, 15) is 0 Å². The minimum atomic E-state index is 0.662. The van der Waals surface area contributed by atoms with E-state index < -0.39 is 0 Å². The second-order valence-electron chi connectivity index (χ2n) is 5.59. The topological polar surface area (TPSA) is 19.4 Å². The van der Waals surface area contributed by atoms with Gasteiger partial charge in [0.05, 0.1) is 18.2 Å². The third kappa shape index (κ3) is 3.51. The Hall–Kier alpha value is -0.650. The summed E-state index contributed by atoms with van der Waals surface area (Å²) in [6.45, 7) is 1.88. The van der Waals surface area contributed by atoms with E-state index in [2.05, 4.69) is 26.9 Å². The van der Waals surface area contributed by atoms with Gasteiger partial charge in [0.15, 0.2) is 0 Å². The quantitative estimate of drug-likeness (QED) is 0.794. The Morgan fingerprint density at radius 3 is 2.85 bits per heavy atom. The summed E-state index contributed by atoms with van der Waals surface area (Å²) in [5, 5.41) is 0. The lowest BCUT2D eigenvalue weighted by molar-refractivity contribution is 0.145. The van der Waals surface area contributed by atoms with Crippen molar-refractivity contribution < 1.29 is 0 Å². The summed E-state index contributed by atoms with van der Waals surface area (Å²) in [7, 11) is 0. The molecule has 1 saturated carbocycles. The lowest BCUT2D eigenvalue weighted by atomic mass is 9.95. The lowest BCUT2D eigenvalue weighted by Gasteiger charge is -2.42. The van der Waals surface area contributed by atoms with Crippen LogP contribution in [-0.2, 0) is 6.54 Å². The zero-order chi connectivity index (χ0) is 13.8. The van der Waals surface area contributed by atoms with Crippen LogP contribution >= 0.6 is 24.0 Å². The monoisotopic (exact) mass is 307 g/mol. The molecule has 5 heteroatoms. The van der Waals surface area contributed by atoms with E-state index in [-0.39, 0.29) is 0 Å². The molecule has 0 atom stereocenters. The molecule has 0 N–H and O–H groups in total. The van der Waals surface area contributed by atoms with Crippen LogP contribution in [0.5, 0.6) is 0 Å². The molecule has 3 rings (SSSR count). The number of rotatable bonds is 3. The minimum Gasteiger partial charge on any atom is -0.341 e. The van der Waals surface area contributed by atoms with Crippen LogP contribution in [0.25, 0.3) is 0 Å². The Labute approximate surface area is 130 Å². The summed E-state index contributed by atoms with van der Waals surface area (Å²) in [6.07, 6.45) is 8.58. The molecular weight excluding hydrogens is 286 g/mol. The van der Waals surface area contributed by atoms with Crippen LogP contribution in [0.3, 0.4) is 0 Å². The van der Waals surface area contributed by atoms with Crippen LogP contribution in [0.4, 0.5) is 0 Å². The van der Waals surface area contributed by atoms with Gasteiger partial charge < -0.3 is 4.90 Å². The van der Waals surface area contributed by atoms with Gasteiger partial charge in [0.1, 0.15) is 4.32 Å². The Morgan fingerprint density at radius 2 is 2.10 bits per heavy atom. The van der Waals surface area contributed by atoms with Crippen molar-refractivity contribution in [2.75, 3.05) is 12.5 Å². The molecule has 108 valence electrons. The third-order valence-electron chi connectivity index (χ3n) is 4.08. The van der Waals surface area contributed by atoms with Gasteiger partial charge in [0, 0.05) is 18.8 Å². The van der Waals surface area contributed by atoms with Crippen molar-refractivity contribution in [1.29, 1.82) is 0 Å². The SMILES string of the molecule is S=C1SCN(Cc2ccccn2)CN1C1CCCCC1. The fourth-order valence-corrected chi connectivity index (χ4v) is 4.22. The van der Waals surface area contributed by atoms with E-state index in [4.69, 9.17) is 12.2 Å². The van der Waals surface area contributed by atoms with Gasteiger partial charge in [0.2, 0.25) is 0 Å². The first kappa shape index (κ1) is 14.3. The third-order valence-corrected chi connectivity index (χ3v) is 5.65. The van der Waals surface area contributed by atoms with E-state index in [1.165, 1.54) is 32.1 Å². The average Bonchev–Trinajstić information content (AvgIpc) is 2.51. The van der Waals surface area contributed by atoms with Gasteiger partial charge in [-0.15, -0.1) is 0 Å². The van der Waals surface area contributed by atoms with Gasteiger partial charge in [-0.2, -0.15) is 0 Å².